The lowest BCUT2D eigenvalue weighted by Gasteiger charge is -2.29. The molecule has 0 aliphatic carbocycles. The SMILES string of the molecule is CCC(CNC(=O)CCCc1c[nH]c2ccccc12)(C(=O)O)c1ccccc1. The fraction of sp³-hybridized carbons (Fsp3) is 0.304. The van der Waals surface area contributed by atoms with Crippen LogP contribution in [0.15, 0.2) is 60.8 Å². The predicted molar refractivity (Wildman–Crippen MR) is 110 cm³/mol. The molecule has 3 rings (SSSR count). The van der Waals surface area contributed by atoms with E-state index in [1.165, 1.54) is 10.9 Å². The molecule has 28 heavy (non-hydrogen) atoms. The fourth-order valence-corrected chi connectivity index (χ4v) is 3.65. The van der Waals surface area contributed by atoms with Gasteiger partial charge in [-0.3, -0.25) is 9.59 Å². The highest BCUT2D eigenvalue weighted by Gasteiger charge is 2.38. The molecule has 0 bridgehead atoms. The standard InChI is InChI=1S/C23H26N2O3/c1-2-23(22(27)28,18-10-4-3-5-11-18)16-25-21(26)14-8-9-17-15-24-20-13-7-6-12-19(17)20/h3-7,10-13,15,24H,2,8-9,14,16H2,1H3,(H,25,26)(H,27,28). The molecule has 0 aliphatic rings. The van der Waals surface area contributed by atoms with Crippen LogP contribution in [0.4, 0.5) is 0 Å². The molecule has 1 amide bonds. The van der Waals surface area contributed by atoms with E-state index in [1.54, 1.807) is 12.1 Å². The van der Waals surface area contributed by atoms with Crippen LogP contribution in [-0.4, -0.2) is 28.5 Å². The molecule has 0 radical (unpaired) electrons. The number of carboxylic acid groups (broad SMARTS) is 1. The molecule has 0 fully saturated rings. The molecular weight excluding hydrogens is 352 g/mol. The Labute approximate surface area is 164 Å². The molecule has 0 saturated carbocycles. The summed E-state index contributed by atoms with van der Waals surface area (Å²) >= 11 is 0. The zero-order valence-corrected chi connectivity index (χ0v) is 16.1. The van der Waals surface area contributed by atoms with Gasteiger partial charge in [0.15, 0.2) is 0 Å². The van der Waals surface area contributed by atoms with Crippen LogP contribution in [-0.2, 0) is 21.4 Å². The van der Waals surface area contributed by atoms with E-state index in [4.69, 9.17) is 0 Å². The quantitative estimate of drug-likeness (QED) is 0.525. The summed E-state index contributed by atoms with van der Waals surface area (Å²) in [5.41, 5.74) is 1.90. The number of amides is 1. The van der Waals surface area contributed by atoms with Gasteiger partial charge in [-0.2, -0.15) is 0 Å². The number of aromatic amines is 1. The third kappa shape index (κ3) is 4.09. The van der Waals surface area contributed by atoms with Gasteiger partial charge in [0.05, 0.1) is 0 Å². The first-order valence-corrected chi connectivity index (χ1v) is 9.67. The van der Waals surface area contributed by atoms with Crippen molar-refractivity contribution in [1.29, 1.82) is 0 Å². The summed E-state index contributed by atoms with van der Waals surface area (Å²) in [5.74, 6) is -1.03. The van der Waals surface area contributed by atoms with Gasteiger partial charge in [-0.25, -0.2) is 0 Å². The number of para-hydroxylation sites is 1. The molecule has 1 heterocycles. The lowest BCUT2D eigenvalue weighted by Crippen LogP contribution is -2.46. The van der Waals surface area contributed by atoms with E-state index in [9.17, 15) is 14.7 Å². The Morgan fingerprint density at radius 2 is 1.79 bits per heavy atom. The van der Waals surface area contributed by atoms with Gasteiger partial charge in [0, 0.05) is 30.1 Å². The Morgan fingerprint density at radius 1 is 1.07 bits per heavy atom. The summed E-state index contributed by atoms with van der Waals surface area (Å²) in [6.07, 6.45) is 4.28. The van der Waals surface area contributed by atoms with Gasteiger partial charge >= 0.3 is 5.97 Å². The van der Waals surface area contributed by atoms with Gasteiger partial charge in [0.1, 0.15) is 5.41 Å². The summed E-state index contributed by atoms with van der Waals surface area (Å²) < 4.78 is 0. The van der Waals surface area contributed by atoms with E-state index in [1.807, 2.05) is 49.5 Å². The largest absolute Gasteiger partial charge is 0.481 e. The lowest BCUT2D eigenvalue weighted by atomic mass is 9.78. The van der Waals surface area contributed by atoms with Gasteiger partial charge in [0.25, 0.3) is 0 Å². The van der Waals surface area contributed by atoms with Gasteiger partial charge in [0.2, 0.25) is 5.91 Å². The number of hydrogen-bond acceptors (Lipinski definition) is 2. The van der Waals surface area contributed by atoms with Crippen molar-refractivity contribution in [3.05, 3.63) is 71.9 Å². The molecule has 3 aromatic rings. The van der Waals surface area contributed by atoms with Crippen molar-refractivity contribution in [2.75, 3.05) is 6.54 Å². The Bertz CT molecular complexity index is 949. The number of fused-ring (bicyclic) bond motifs is 1. The number of carbonyl (C=O) groups excluding carboxylic acids is 1. The van der Waals surface area contributed by atoms with Gasteiger partial charge in [-0.1, -0.05) is 55.5 Å². The molecule has 0 saturated heterocycles. The Hall–Kier alpha value is -3.08. The van der Waals surface area contributed by atoms with Crippen LogP contribution in [0.25, 0.3) is 10.9 Å². The maximum absolute atomic E-state index is 12.3. The summed E-state index contributed by atoms with van der Waals surface area (Å²) in [4.78, 5) is 27.6. The van der Waals surface area contributed by atoms with E-state index in [2.05, 4.69) is 16.4 Å². The lowest BCUT2D eigenvalue weighted by molar-refractivity contribution is -0.144. The first-order valence-electron chi connectivity index (χ1n) is 9.67. The fourth-order valence-electron chi connectivity index (χ4n) is 3.65. The minimum absolute atomic E-state index is 0.0920. The van der Waals surface area contributed by atoms with E-state index < -0.39 is 11.4 Å². The Morgan fingerprint density at radius 3 is 2.50 bits per heavy atom. The van der Waals surface area contributed by atoms with Gasteiger partial charge < -0.3 is 15.4 Å². The van der Waals surface area contributed by atoms with E-state index >= 15 is 0 Å². The highest BCUT2D eigenvalue weighted by molar-refractivity contribution is 5.84. The van der Waals surface area contributed by atoms with E-state index in [-0.39, 0.29) is 12.5 Å². The molecule has 1 unspecified atom stereocenters. The van der Waals surface area contributed by atoms with Crippen LogP contribution in [0, 0.1) is 0 Å². The van der Waals surface area contributed by atoms with Crippen LogP contribution >= 0.6 is 0 Å². The van der Waals surface area contributed by atoms with E-state index in [0.717, 1.165) is 11.9 Å². The molecule has 0 spiro atoms. The highest BCUT2D eigenvalue weighted by atomic mass is 16.4. The Kier molecular flexibility index (Phi) is 6.14. The predicted octanol–water partition coefficient (Wildman–Crippen LogP) is 4.04. The summed E-state index contributed by atoms with van der Waals surface area (Å²) in [6.45, 7) is 1.93. The minimum atomic E-state index is -1.10. The number of aliphatic carboxylic acids is 1. The van der Waals surface area contributed by atoms with Crippen LogP contribution < -0.4 is 5.32 Å². The number of aryl methyl sites for hydroxylation is 1. The van der Waals surface area contributed by atoms with Crippen LogP contribution in [0.2, 0.25) is 0 Å². The second-order valence-electron chi connectivity index (χ2n) is 7.10. The number of benzene rings is 2. The van der Waals surface area contributed by atoms with Crippen molar-refractivity contribution in [2.45, 2.75) is 38.0 Å². The first-order chi connectivity index (χ1) is 13.6. The molecule has 146 valence electrons. The molecule has 2 aromatic carbocycles. The van der Waals surface area contributed by atoms with Crippen molar-refractivity contribution in [1.82, 2.24) is 10.3 Å². The highest BCUT2D eigenvalue weighted by Crippen LogP contribution is 2.28. The maximum atomic E-state index is 12.3. The molecule has 0 aliphatic heterocycles. The van der Waals surface area contributed by atoms with Crippen LogP contribution in [0.5, 0.6) is 0 Å². The number of hydrogen-bond donors (Lipinski definition) is 3. The first kappa shape index (κ1) is 19.7. The zero-order valence-electron chi connectivity index (χ0n) is 16.1. The van der Waals surface area contributed by atoms with Crippen molar-refractivity contribution in [2.24, 2.45) is 0 Å². The average molecular weight is 378 g/mol. The zero-order chi connectivity index (χ0) is 20.0. The van der Waals surface area contributed by atoms with Crippen LogP contribution in [0.3, 0.4) is 0 Å². The molecule has 5 heteroatoms. The number of H-pyrrole nitrogens is 1. The number of rotatable bonds is 9. The van der Waals surface area contributed by atoms with Crippen molar-refractivity contribution >= 4 is 22.8 Å². The van der Waals surface area contributed by atoms with Gasteiger partial charge in [-0.15, -0.1) is 0 Å². The molecule has 1 aromatic heterocycles. The topological polar surface area (TPSA) is 82.2 Å². The molecular formula is C23H26N2O3. The van der Waals surface area contributed by atoms with Crippen molar-refractivity contribution < 1.29 is 14.7 Å². The third-order valence-electron chi connectivity index (χ3n) is 5.45. The second kappa shape index (κ2) is 8.74. The number of nitrogens with one attached hydrogen (secondary N) is 2. The number of aromatic nitrogens is 1. The molecule has 3 N–H and O–H groups in total. The van der Waals surface area contributed by atoms with Crippen molar-refractivity contribution in [3.63, 3.8) is 0 Å². The summed E-state index contributed by atoms with van der Waals surface area (Å²) in [6, 6.07) is 17.2. The smallest absolute Gasteiger partial charge is 0.315 e. The monoisotopic (exact) mass is 378 g/mol. The Balaban J connectivity index is 1.57. The minimum Gasteiger partial charge on any atom is -0.481 e. The maximum Gasteiger partial charge on any atom is 0.315 e. The number of carboxylic acids is 1. The molecule has 5 nitrogen and oxygen atoms in total. The summed E-state index contributed by atoms with van der Waals surface area (Å²) in [7, 11) is 0. The number of carbonyl (C=O) groups is 2. The third-order valence-corrected chi connectivity index (χ3v) is 5.45. The normalized spacial score (nSPS) is 13.2. The summed E-state index contributed by atoms with van der Waals surface area (Å²) in [5, 5.41) is 13.9. The average Bonchev–Trinajstić information content (AvgIpc) is 3.13. The second-order valence-corrected chi connectivity index (χ2v) is 7.10. The van der Waals surface area contributed by atoms with E-state index in [0.29, 0.717) is 24.8 Å². The van der Waals surface area contributed by atoms with Crippen molar-refractivity contribution in [3.8, 4) is 0 Å². The van der Waals surface area contributed by atoms with Gasteiger partial charge in [-0.05, 0) is 36.5 Å². The van der Waals surface area contributed by atoms with Crippen LogP contribution in [0.1, 0.15) is 37.3 Å². The molecule has 1 atom stereocenters.